The highest BCUT2D eigenvalue weighted by Gasteiger charge is 2.41. The average Bonchev–Trinajstić information content (AvgIpc) is 3.21. The summed E-state index contributed by atoms with van der Waals surface area (Å²) >= 11 is 3.77. The Morgan fingerprint density at radius 2 is 1.94 bits per heavy atom. The van der Waals surface area contributed by atoms with E-state index in [1.54, 1.807) is 0 Å². The molecule has 0 spiro atoms. The number of aromatic carboxylic acids is 1. The highest BCUT2D eigenvalue weighted by molar-refractivity contribution is 7.96. The monoisotopic (exact) mass is 488 g/mol. The van der Waals surface area contributed by atoms with Gasteiger partial charge in [-0.25, -0.2) is 14.6 Å². The van der Waals surface area contributed by atoms with Crippen LogP contribution in [0.3, 0.4) is 0 Å². The second-order valence-electron chi connectivity index (χ2n) is 7.57. The van der Waals surface area contributed by atoms with Crippen LogP contribution in [0.15, 0.2) is 42.6 Å². The molecule has 0 radical (unpaired) electrons. The number of nitro groups is 1. The van der Waals surface area contributed by atoms with Gasteiger partial charge in [-0.05, 0) is 42.2 Å². The average molecular weight is 488 g/mol. The summed E-state index contributed by atoms with van der Waals surface area (Å²) < 4.78 is 5.29. The van der Waals surface area contributed by atoms with Gasteiger partial charge in [0.25, 0.3) is 5.69 Å². The molecule has 1 aromatic carbocycles. The molecule has 0 aliphatic carbocycles. The molecule has 178 valence electrons. The van der Waals surface area contributed by atoms with Crippen molar-refractivity contribution < 1.29 is 33.9 Å². The molecule has 34 heavy (non-hydrogen) atoms. The fraction of sp³-hybridized carbons (Fsp3) is 0.286. The van der Waals surface area contributed by atoms with Gasteiger partial charge in [0.1, 0.15) is 18.5 Å². The van der Waals surface area contributed by atoms with E-state index in [1.165, 1.54) is 47.5 Å². The number of amides is 2. The van der Waals surface area contributed by atoms with Crippen molar-refractivity contribution in [3.8, 4) is 0 Å². The molecule has 2 amide bonds. The Kier molecular flexibility index (Phi) is 7.79. The third-order valence-corrected chi connectivity index (χ3v) is 5.34. The van der Waals surface area contributed by atoms with Crippen LogP contribution in [0.2, 0.25) is 0 Å². The highest BCUT2D eigenvalue weighted by Crippen LogP contribution is 2.28. The molecule has 2 atom stereocenters. The Morgan fingerprint density at radius 3 is 2.56 bits per heavy atom. The number of thiol groups is 1. The van der Waals surface area contributed by atoms with Crippen molar-refractivity contribution in [3.63, 3.8) is 0 Å². The predicted octanol–water partition coefficient (Wildman–Crippen LogP) is 2.50. The summed E-state index contributed by atoms with van der Waals surface area (Å²) in [5.41, 5.74) is 0.330. The van der Waals surface area contributed by atoms with E-state index in [1.807, 2.05) is 0 Å². The van der Waals surface area contributed by atoms with Crippen LogP contribution in [0.5, 0.6) is 0 Å². The molecule has 13 heteroatoms. The third-order valence-electron chi connectivity index (χ3n) is 5.16. The summed E-state index contributed by atoms with van der Waals surface area (Å²) in [7, 11) is 0. The van der Waals surface area contributed by atoms with E-state index in [0.717, 1.165) is 0 Å². The van der Waals surface area contributed by atoms with Crippen LogP contribution in [-0.4, -0.2) is 55.6 Å². The second kappa shape index (κ2) is 10.7. The third kappa shape index (κ3) is 6.28. The molecule has 1 saturated heterocycles. The van der Waals surface area contributed by atoms with Crippen LogP contribution in [0.25, 0.3) is 0 Å². The summed E-state index contributed by atoms with van der Waals surface area (Å²) in [6.45, 7) is -0.105. The minimum atomic E-state index is -1.19. The number of pyridine rings is 1. The first-order chi connectivity index (χ1) is 16.1. The Labute approximate surface area is 198 Å². The fourth-order valence-electron chi connectivity index (χ4n) is 3.55. The summed E-state index contributed by atoms with van der Waals surface area (Å²) in [4.78, 5) is 63.6. The van der Waals surface area contributed by atoms with Gasteiger partial charge < -0.3 is 15.2 Å². The van der Waals surface area contributed by atoms with Gasteiger partial charge in [-0.15, -0.1) is 12.6 Å². The van der Waals surface area contributed by atoms with E-state index in [-0.39, 0.29) is 54.1 Å². The van der Waals surface area contributed by atoms with Gasteiger partial charge in [0.2, 0.25) is 5.91 Å². The van der Waals surface area contributed by atoms with E-state index in [4.69, 9.17) is 9.84 Å². The summed E-state index contributed by atoms with van der Waals surface area (Å²) in [5, 5.41) is 22.0. The van der Waals surface area contributed by atoms with Crippen molar-refractivity contribution >= 4 is 47.2 Å². The van der Waals surface area contributed by atoms with Gasteiger partial charge in [-0.1, -0.05) is 0 Å². The number of carboxylic acids is 1. The lowest BCUT2D eigenvalue weighted by Gasteiger charge is -2.23. The lowest BCUT2D eigenvalue weighted by molar-refractivity contribution is -0.384. The van der Waals surface area contributed by atoms with Crippen molar-refractivity contribution in [1.29, 1.82) is 0 Å². The largest absolute Gasteiger partial charge is 0.478 e. The minimum Gasteiger partial charge on any atom is -0.478 e. The van der Waals surface area contributed by atoms with Crippen molar-refractivity contribution in [3.05, 3.63) is 63.8 Å². The number of nitro benzene ring substituents is 1. The molecule has 2 heterocycles. The van der Waals surface area contributed by atoms with Crippen molar-refractivity contribution in [2.45, 2.75) is 25.5 Å². The number of ether oxygens (including phenoxy) is 1. The molecule has 0 saturated carbocycles. The quantitative estimate of drug-likeness (QED) is 0.287. The number of nitrogens with one attached hydrogen (secondary N) is 1. The zero-order chi connectivity index (χ0) is 24.8. The predicted molar refractivity (Wildman–Crippen MR) is 120 cm³/mol. The molecule has 1 aliphatic rings. The van der Waals surface area contributed by atoms with Gasteiger partial charge in [0.05, 0.1) is 10.5 Å². The Hall–Kier alpha value is -4.00. The summed E-state index contributed by atoms with van der Waals surface area (Å²) in [6.07, 6.45) is 0.640. The van der Waals surface area contributed by atoms with Crippen molar-refractivity contribution in [2.75, 3.05) is 11.9 Å². The van der Waals surface area contributed by atoms with Gasteiger partial charge in [0.15, 0.2) is 5.12 Å². The number of hydrogen-bond acceptors (Lipinski definition) is 8. The van der Waals surface area contributed by atoms with Crippen LogP contribution in [-0.2, 0) is 20.9 Å². The normalized spacial score (nSPS) is 17.1. The number of anilines is 1. The molecule has 1 aromatic heterocycles. The molecular formula is C21H20N4O8S. The lowest BCUT2D eigenvalue weighted by atomic mass is 10.0. The van der Waals surface area contributed by atoms with E-state index in [2.05, 4.69) is 22.9 Å². The first kappa shape index (κ1) is 24.6. The van der Waals surface area contributed by atoms with Gasteiger partial charge >= 0.3 is 12.1 Å². The number of carboxylic acid groups (broad SMARTS) is 1. The van der Waals surface area contributed by atoms with Gasteiger partial charge in [-0.2, -0.15) is 0 Å². The molecule has 3 rings (SSSR count). The van der Waals surface area contributed by atoms with E-state index in [9.17, 15) is 29.3 Å². The first-order valence-electron chi connectivity index (χ1n) is 10.0. The number of aromatic nitrogens is 1. The number of benzene rings is 1. The lowest BCUT2D eigenvalue weighted by Crippen LogP contribution is -2.43. The zero-order valence-electron chi connectivity index (χ0n) is 17.6. The second-order valence-corrected chi connectivity index (χ2v) is 8.07. The van der Waals surface area contributed by atoms with Crippen molar-refractivity contribution in [1.82, 2.24) is 9.88 Å². The van der Waals surface area contributed by atoms with Crippen LogP contribution in [0.1, 0.15) is 28.8 Å². The molecule has 0 bridgehead atoms. The molecule has 12 nitrogen and oxygen atoms in total. The first-order valence-corrected chi connectivity index (χ1v) is 10.5. The summed E-state index contributed by atoms with van der Waals surface area (Å²) in [6, 6.07) is 6.91. The van der Waals surface area contributed by atoms with Crippen LogP contribution in [0, 0.1) is 16.0 Å². The van der Waals surface area contributed by atoms with Gasteiger partial charge in [-0.3, -0.25) is 24.6 Å². The van der Waals surface area contributed by atoms with E-state index >= 15 is 0 Å². The van der Waals surface area contributed by atoms with Crippen LogP contribution in [0.4, 0.5) is 16.3 Å². The van der Waals surface area contributed by atoms with E-state index in [0.29, 0.717) is 5.56 Å². The van der Waals surface area contributed by atoms with E-state index < -0.39 is 28.9 Å². The number of carbonyl (C=O) groups is 4. The van der Waals surface area contributed by atoms with Gasteiger partial charge in [0, 0.05) is 31.3 Å². The molecule has 2 N–H and O–H groups in total. The number of carbonyl (C=O) groups excluding carboxylic acids is 3. The maximum absolute atomic E-state index is 12.9. The maximum atomic E-state index is 12.9. The highest BCUT2D eigenvalue weighted by atomic mass is 32.1. The molecule has 1 fully saturated rings. The minimum absolute atomic E-state index is 0.00202. The number of rotatable bonds is 8. The SMILES string of the molecule is O=C(S)C[C@@H]1C[C@@H](C(=O)Nc2cc(C(=O)O)ccn2)N(C(=O)OCc2ccc([N+](=O)[O-])cc2)C1. The van der Waals surface area contributed by atoms with Crippen LogP contribution >= 0.6 is 12.6 Å². The Balaban J connectivity index is 1.70. The smallest absolute Gasteiger partial charge is 0.410 e. The molecule has 1 aliphatic heterocycles. The standard InChI is InChI=1S/C21H20N4O8S/c26-18(34)8-13-7-16(19(27)23-17-9-14(20(28)29)5-6-22-17)24(10-13)21(30)33-11-12-1-3-15(4-2-12)25(31)32/h1-6,9,13,16H,7-8,10-11H2,(H,26,34)(H,28,29)(H,22,23,27)/t13-,16-/m0/s1. The maximum Gasteiger partial charge on any atom is 0.410 e. The molecule has 0 unspecified atom stereocenters. The number of nitrogens with zero attached hydrogens (tertiary/aromatic N) is 3. The van der Waals surface area contributed by atoms with Crippen LogP contribution < -0.4 is 5.32 Å². The zero-order valence-corrected chi connectivity index (χ0v) is 18.5. The van der Waals surface area contributed by atoms with Crippen molar-refractivity contribution in [2.24, 2.45) is 5.92 Å². The number of hydrogen-bond donors (Lipinski definition) is 3. The molecular weight excluding hydrogens is 468 g/mol. The Morgan fingerprint density at radius 1 is 1.24 bits per heavy atom. The summed E-state index contributed by atoms with van der Waals surface area (Å²) in [5.74, 6) is -2.14. The molecule has 2 aromatic rings. The topological polar surface area (TPSA) is 169 Å². The number of likely N-dealkylation sites (tertiary alicyclic amines) is 1. The Bertz CT molecular complexity index is 1120. The fourth-order valence-corrected chi connectivity index (χ4v) is 3.81. The number of non-ortho nitro benzene ring substituents is 1.